The Labute approximate surface area is 250 Å². The number of nitrogens with one attached hydrogen (secondary N) is 3. The van der Waals surface area contributed by atoms with Gasteiger partial charge >= 0.3 is 11.9 Å². The number of carbonyl (C=O) groups is 4. The maximum Gasteiger partial charge on any atom is 0.303 e. The standard InChI is InChI=1S/C33H38N4O6/c1-7-20-19(6)32(42)37-27(20)14-25-18(5)23(10-12-31(40)41)29(35-25)15-28-22(9-11-30(38)39)17(4)24(34-28)13-26-16(3)21(8-2)33(43)36-26/h7,14,34-35H,1,8-13,15H2,2-6H3,(H,37,42)(H,38,39)(H,40,41)/b27-14-. The molecule has 0 unspecified atom stereocenters. The van der Waals surface area contributed by atoms with Crippen LogP contribution >= 0.6 is 0 Å². The van der Waals surface area contributed by atoms with E-state index >= 15 is 0 Å². The highest BCUT2D eigenvalue weighted by Gasteiger charge is 2.26. The average molecular weight is 587 g/mol. The van der Waals surface area contributed by atoms with Crippen LogP contribution in [0.2, 0.25) is 0 Å². The number of H-pyrrole nitrogens is 2. The zero-order valence-corrected chi connectivity index (χ0v) is 25.3. The number of carboxylic acids is 2. The predicted molar refractivity (Wildman–Crippen MR) is 164 cm³/mol. The fraction of sp³-hybridized carbons (Fsp3) is 0.364. The molecule has 2 aliphatic heterocycles. The molecule has 4 heterocycles. The highest BCUT2D eigenvalue weighted by molar-refractivity contribution is 6.19. The highest BCUT2D eigenvalue weighted by atomic mass is 16.4. The summed E-state index contributed by atoms with van der Waals surface area (Å²) in [6.07, 6.45) is 5.36. The van der Waals surface area contributed by atoms with Gasteiger partial charge in [0, 0.05) is 65.2 Å². The Morgan fingerprint density at radius 2 is 1.47 bits per heavy atom. The molecule has 0 fully saturated rings. The summed E-state index contributed by atoms with van der Waals surface area (Å²) < 4.78 is 0. The van der Waals surface area contributed by atoms with Crippen molar-refractivity contribution < 1.29 is 29.4 Å². The second-order valence-electron chi connectivity index (χ2n) is 11.0. The number of aromatic nitrogens is 2. The molecular formula is C33H38N4O6. The maximum absolute atomic E-state index is 12.4. The first-order valence-electron chi connectivity index (χ1n) is 14.4. The predicted octanol–water partition coefficient (Wildman–Crippen LogP) is 4.81. The van der Waals surface area contributed by atoms with E-state index in [1.165, 1.54) is 0 Å². The lowest BCUT2D eigenvalue weighted by Gasteiger charge is -2.07. The van der Waals surface area contributed by atoms with E-state index in [4.69, 9.17) is 0 Å². The first kappa shape index (κ1) is 31.2. The van der Waals surface area contributed by atoms with E-state index in [0.717, 1.165) is 50.6 Å². The van der Waals surface area contributed by atoms with Gasteiger partial charge in [-0.3, -0.25) is 19.2 Å². The smallest absolute Gasteiger partial charge is 0.303 e. The van der Waals surface area contributed by atoms with E-state index in [1.807, 2.05) is 33.8 Å². The molecule has 2 aliphatic rings. The number of carbonyl (C=O) groups excluding carboxylic acids is 2. The maximum atomic E-state index is 12.4. The molecule has 2 aromatic rings. The van der Waals surface area contributed by atoms with Gasteiger partial charge in [-0.15, -0.1) is 0 Å². The van der Waals surface area contributed by atoms with Crippen molar-refractivity contribution in [2.24, 2.45) is 4.99 Å². The monoisotopic (exact) mass is 586 g/mol. The average Bonchev–Trinajstić information content (AvgIpc) is 3.59. The number of aliphatic carboxylic acids is 2. The molecule has 0 saturated heterocycles. The van der Waals surface area contributed by atoms with E-state index in [2.05, 4.69) is 26.9 Å². The molecule has 4 rings (SSSR count). The van der Waals surface area contributed by atoms with Gasteiger partial charge < -0.3 is 25.5 Å². The molecule has 10 nitrogen and oxygen atoms in total. The van der Waals surface area contributed by atoms with Gasteiger partial charge in [-0.05, 0) is 80.9 Å². The number of hydrogen-bond donors (Lipinski definition) is 5. The van der Waals surface area contributed by atoms with Crippen molar-refractivity contribution in [2.75, 3.05) is 0 Å². The Bertz CT molecular complexity index is 1670. The van der Waals surface area contributed by atoms with Gasteiger partial charge in [0.1, 0.15) is 0 Å². The minimum absolute atomic E-state index is 0.0494. The van der Waals surface area contributed by atoms with Gasteiger partial charge in [0.15, 0.2) is 0 Å². The van der Waals surface area contributed by atoms with Crippen molar-refractivity contribution in [3.05, 3.63) is 85.7 Å². The second-order valence-corrected chi connectivity index (χ2v) is 11.0. The van der Waals surface area contributed by atoms with E-state index < -0.39 is 11.9 Å². The summed E-state index contributed by atoms with van der Waals surface area (Å²) in [7, 11) is 0. The summed E-state index contributed by atoms with van der Waals surface area (Å²) in [5.74, 6) is -2.22. The van der Waals surface area contributed by atoms with Crippen LogP contribution in [0.25, 0.3) is 6.08 Å². The van der Waals surface area contributed by atoms with Crippen LogP contribution in [-0.4, -0.2) is 49.6 Å². The van der Waals surface area contributed by atoms with Crippen LogP contribution in [0.3, 0.4) is 0 Å². The number of aliphatic imine (C=N–C) groups is 1. The van der Waals surface area contributed by atoms with Crippen LogP contribution in [0.4, 0.5) is 0 Å². The third-order valence-electron chi connectivity index (χ3n) is 8.46. The Hall–Kier alpha value is -4.73. The lowest BCUT2D eigenvalue weighted by Crippen LogP contribution is -2.15. The molecule has 2 aromatic heterocycles. The summed E-state index contributed by atoms with van der Waals surface area (Å²) >= 11 is 0. The van der Waals surface area contributed by atoms with Crippen LogP contribution < -0.4 is 5.32 Å². The molecule has 0 bridgehead atoms. The molecule has 5 N–H and O–H groups in total. The molecular weight excluding hydrogens is 548 g/mol. The molecule has 43 heavy (non-hydrogen) atoms. The van der Waals surface area contributed by atoms with Gasteiger partial charge in [0.2, 0.25) is 0 Å². The molecule has 0 aromatic carbocycles. The Morgan fingerprint density at radius 3 is 2.02 bits per heavy atom. The largest absolute Gasteiger partial charge is 0.481 e. The molecule has 226 valence electrons. The van der Waals surface area contributed by atoms with E-state index in [0.29, 0.717) is 60.2 Å². The summed E-state index contributed by atoms with van der Waals surface area (Å²) in [6, 6.07) is 0. The van der Waals surface area contributed by atoms with Crippen LogP contribution in [0.1, 0.15) is 85.1 Å². The van der Waals surface area contributed by atoms with E-state index in [9.17, 15) is 29.4 Å². The normalized spacial score (nSPS) is 16.0. The number of rotatable bonds is 13. The highest BCUT2D eigenvalue weighted by Crippen LogP contribution is 2.31. The first-order valence-corrected chi connectivity index (χ1v) is 14.4. The molecule has 0 saturated carbocycles. The number of amides is 2. The fourth-order valence-electron chi connectivity index (χ4n) is 5.91. The molecule has 0 atom stereocenters. The summed E-state index contributed by atoms with van der Waals surface area (Å²) in [6.45, 7) is 13.3. The van der Waals surface area contributed by atoms with Crippen LogP contribution in [0.15, 0.2) is 45.6 Å². The minimum Gasteiger partial charge on any atom is -0.481 e. The quantitative estimate of drug-likeness (QED) is 0.226. The van der Waals surface area contributed by atoms with Crippen molar-refractivity contribution in [3.63, 3.8) is 0 Å². The van der Waals surface area contributed by atoms with Crippen LogP contribution in [0, 0.1) is 13.8 Å². The third-order valence-corrected chi connectivity index (χ3v) is 8.46. The van der Waals surface area contributed by atoms with Gasteiger partial charge in [-0.1, -0.05) is 19.6 Å². The number of nitrogens with zero attached hydrogens (tertiary/aromatic N) is 1. The minimum atomic E-state index is -0.913. The van der Waals surface area contributed by atoms with Gasteiger partial charge in [-0.2, -0.15) is 0 Å². The van der Waals surface area contributed by atoms with Crippen LogP contribution in [-0.2, 0) is 44.9 Å². The molecule has 0 aliphatic carbocycles. The zero-order valence-electron chi connectivity index (χ0n) is 25.3. The summed E-state index contributed by atoms with van der Waals surface area (Å²) in [5, 5.41) is 21.7. The van der Waals surface area contributed by atoms with Gasteiger partial charge in [-0.25, -0.2) is 4.99 Å². The van der Waals surface area contributed by atoms with E-state index in [-0.39, 0.29) is 24.7 Å². The van der Waals surface area contributed by atoms with Crippen LogP contribution in [0.5, 0.6) is 0 Å². The lowest BCUT2D eigenvalue weighted by molar-refractivity contribution is -0.138. The Kier molecular flexibility index (Phi) is 9.18. The second kappa shape index (κ2) is 12.6. The SMILES string of the molecule is C=CC1=C(C)C(=O)N/C1=C\c1[nH]c(Cc2[nH]c(CC3=NC(=O)C(CC)=C3C)c(C)c2CCC(=O)O)c(CCC(=O)O)c1C. The number of hydrogen-bond acceptors (Lipinski definition) is 4. The number of allylic oxidation sites excluding steroid dienone is 2. The van der Waals surface area contributed by atoms with Crippen molar-refractivity contribution >= 4 is 35.5 Å². The first-order chi connectivity index (χ1) is 20.4. The van der Waals surface area contributed by atoms with E-state index in [1.54, 1.807) is 13.0 Å². The Balaban J connectivity index is 1.77. The fourth-order valence-corrected chi connectivity index (χ4v) is 5.91. The lowest BCUT2D eigenvalue weighted by atomic mass is 9.97. The summed E-state index contributed by atoms with van der Waals surface area (Å²) in [4.78, 5) is 58.9. The van der Waals surface area contributed by atoms with Gasteiger partial charge in [0.05, 0.1) is 11.4 Å². The molecule has 0 radical (unpaired) electrons. The topological polar surface area (TPSA) is 165 Å². The number of aromatic amines is 2. The Morgan fingerprint density at radius 1 is 0.860 bits per heavy atom. The third kappa shape index (κ3) is 6.38. The summed E-state index contributed by atoms with van der Waals surface area (Å²) in [5.41, 5.74) is 10.9. The molecule has 10 heteroatoms. The molecule has 0 spiro atoms. The number of carboxylic acid groups (broad SMARTS) is 2. The van der Waals surface area contributed by atoms with Crippen molar-refractivity contribution in [1.82, 2.24) is 15.3 Å². The molecule has 2 amide bonds. The van der Waals surface area contributed by atoms with Crippen molar-refractivity contribution in [3.8, 4) is 0 Å². The zero-order chi connectivity index (χ0) is 31.6. The van der Waals surface area contributed by atoms with Gasteiger partial charge in [0.25, 0.3) is 11.8 Å². The van der Waals surface area contributed by atoms with Crippen molar-refractivity contribution in [2.45, 2.75) is 79.6 Å². The van der Waals surface area contributed by atoms with Crippen molar-refractivity contribution in [1.29, 1.82) is 0 Å².